The number of aryl methyl sites for hydroxylation is 3. The Morgan fingerprint density at radius 3 is 2.82 bits per heavy atom. The van der Waals surface area contributed by atoms with E-state index < -0.39 is 0 Å². The van der Waals surface area contributed by atoms with E-state index in [9.17, 15) is 4.79 Å². The molecular weight excluding hydrogens is 456 g/mol. The fraction of sp³-hybridized carbons (Fsp3) is 0.250. The molecule has 9 heteroatoms. The molecule has 0 unspecified atom stereocenters. The molecule has 2 aromatic carbocycles. The van der Waals surface area contributed by atoms with Crippen molar-refractivity contribution in [3.8, 4) is 5.75 Å². The van der Waals surface area contributed by atoms with Crippen LogP contribution in [0, 0.1) is 20.8 Å². The number of thioether (sulfide) groups is 1. The summed E-state index contributed by atoms with van der Waals surface area (Å²) in [5, 5.41) is 14.2. The van der Waals surface area contributed by atoms with E-state index in [0.717, 1.165) is 38.8 Å². The molecule has 0 spiro atoms. The van der Waals surface area contributed by atoms with Gasteiger partial charge >= 0.3 is 0 Å². The first kappa shape index (κ1) is 23.0. The lowest BCUT2D eigenvalue weighted by Crippen LogP contribution is -2.15. The Kier molecular flexibility index (Phi) is 7.41. The van der Waals surface area contributed by atoms with Crippen molar-refractivity contribution in [2.45, 2.75) is 44.8 Å². The third-order valence-electron chi connectivity index (χ3n) is 4.82. The molecule has 2 aromatic heterocycles. The summed E-state index contributed by atoms with van der Waals surface area (Å²) in [6, 6.07) is 13.8. The van der Waals surface area contributed by atoms with Gasteiger partial charge in [0.15, 0.2) is 6.61 Å². The molecule has 0 radical (unpaired) electrons. The smallest absolute Gasteiger partial charge is 0.277 e. The normalized spacial score (nSPS) is 10.9. The summed E-state index contributed by atoms with van der Waals surface area (Å²) in [6.07, 6.45) is 0.240. The number of para-hydroxylation sites is 1. The van der Waals surface area contributed by atoms with Crippen LogP contribution < -0.4 is 10.1 Å². The summed E-state index contributed by atoms with van der Waals surface area (Å²) < 4.78 is 11.5. The average molecular weight is 481 g/mol. The van der Waals surface area contributed by atoms with Gasteiger partial charge in [-0.3, -0.25) is 4.79 Å². The molecule has 0 bridgehead atoms. The molecule has 0 aliphatic rings. The standard InChI is InChI=1S/C24H24N4O3S2/c1-15-8-9-17(3)20(10-15)30-12-22-27-28-24(31-22)33-14-18-13-32-23(25-18)11-21(29)26-19-7-5-4-6-16(19)2/h4-10,13H,11-12,14H2,1-3H3,(H,26,29). The first-order valence-corrected chi connectivity index (χ1v) is 12.3. The fourth-order valence-corrected chi connectivity index (χ4v) is 4.61. The van der Waals surface area contributed by atoms with Crippen LogP contribution in [-0.2, 0) is 23.6 Å². The molecule has 1 N–H and O–H groups in total. The third-order valence-corrected chi connectivity index (χ3v) is 6.57. The number of rotatable bonds is 9. The second-order valence-corrected chi connectivity index (χ2v) is 9.45. The van der Waals surface area contributed by atoms with E-state index >= 15 is 0 Å². The van der Waals surface area contributed by atoms with Gasteiger partial charge in [0, 0.05) is 16.8 Å². The number of hydrogen-bond donors (Lipinski definition) is 1. The third kappa shape index (κ3) is 6.43. The topological polar surface area (TPSA) is 90.1 Å². The van der Waals surface area contributed by atoms with Gasteiger partial charge in [0.1, 0.15) is 10.8 Å². The van der Waals surface area contributed by atoms with Crippen molar-refractivity contribution in [1.82, 2.24) is 15.2 Å². The Labute approximate surface area is 200 Å². The number of amides is 1. The SMILES string of the molecule is Cc1ccc(C)c(OCc2nnc(SCc3csc(CC(=O)Nc4ccccc4C)n3)o2)c1. The lowest BCUT2D eigenvalue weighted by Gasteiger charge is -2.07. The summed E-state index contributed by atoms with van der Waals surface area (Å²) in [5.74, 6) is 1.73. The summed E-state index contributed by atoms with van der Waals surface area (Å²) in [5.41, 5.74) is 4.91. The van der Waals surface area contributed by atoms with E-state index in [2.05, 4.69) is 20.5 Å². The fourth-order valence-electron chi connectivity index (χ4n) is 3.03. The van der Waals surface area contributed by atoms with Crippen molar-refractivity contribution in [3.63, 3.8) is 0 Å². The van der Waals surface area contributed by atoms with Gasteiger partial charge in [-0.25, -0.2) is 4.98 Å². The lowest BCUT2D eigenvalue weighted by molar-refractivity contribution is -0.115. The number of ether oxygens (including phenoxy) is 1. The maximum Gasteiger partial charge on any atom is 0.277 e. The van der Waals surface area contributed by atoms with Gasteiger partial charge in [0.05, 0.1) is 12.1 Å². The zero-order valence-corrected chi connectivity index (χ0v) is 20.3. The molecule has 170 valence electrons. The minimum atomic E-state index is -0.0803. The van der Waals surface area contributed by atoms with E-state index in [1.54, 1.807) is 0 Å². The number of nitrogens with one attached hydrogen (secondary N) is 1. The predicted molar refractivity (Wildman–Crippen MR) is 130 cm³/mol. The van der Waals surface area contributed by atoms with E-state index in [1.807, 2.05) is 68.6 Å². The van der Waals surface area contributed by atoms with Gasteiger partial charge in [-0.1, -0.05) is 42.1 Å². The van der Waals surface area contributed by atoms with Gasteiger partial charge in [0.2, 0.25) is 5.91 Å². The van der Waals surface area contributed by atoms with Crippen LogP contribution in [-0.4, -0.2) is 21.1 Å². The quantitative estimate of drug-likeness (QED) is 0.316. The monoisotopic (exact) mass is 480 g/mol. The Morgan fingerprint density at radius 1 is 1.12 bits per heavy atom. The Morgan fingerprint density at radius 2 is 1.97 bits per heavy atom. The lowest BCUT2D eigenvalue weighted by atomic mass is 10.1. The largest absolute Gasteiger partial charge is 0.484 e. The number of hydrogen-bond acceptors (Lipinski definition) is 8. The molecule has 0 aliphatic carbocycles. The van der Waals surface area contributed by atoms with Crippen LogP contribution in [0.2, 0.25) is 0 Å². The molecule has 0 atom stereocenters. The Balaban J connectivity index is 1.25. The summed E-state index contributed by atoms with van der Waals surface area (Å²) >= 11 is 2.88. The minimum absolute atomic E-state index is 0.0803. The zero-order chi connectivity index (χ0) is 23.2. The molecule has 4 rings (SSSR count). The van der Waals surface area contributed by atoms with Gasteiger partial charge in [-0.05, 0) is 49.6 Å². The van der Waals surface area contributed by atoms with Crippen molar-refractivity contribution in [1.29, 1.82) is 0 Å². The molecule has 0 aliphatic heterocycles. The molecule has 4 aromatic rings. The van der Waals surface area contributed by atoms with E-state index in [0.29, 0.717) is 16.9 Å². The number of carbonyl (C=O) groups is 1. The van der Waals surface area contributed by atoms with Crippen molar-refractivity contribution in [2.24, 2.45) is 0 Å². The van der Waals surface area contributed by atoms with Crippen molar-refractivity contribution in [2.75, 3.05) is 5.32 Å². The Hall–Kier alpha value is -3.17. The second kappa shape index (κ2) is 10.6. The highest BCUT2D eigenvalue weighted by atomic mass is 32.2. The van der Waals surface area contributed by atoms with Crippen LogP contribution in [0.1, 0.15) is 33.3 Å². The van der Waals surface area contributed by atoms with Crippen molar-refractivity contribution >= 4 is 34.7 Å². The molecule has 0 fully saturated rings. The number of benzene rings is 2. The van der Waals surface area contributed by atoms with E-state index in [-0.39, 0.29) is 18.9 Å². The van der Waals surface area contributed by atoms with Crippen LogP contribution in [0.15, 0.2) is 57.5 Å². The highest BCUT2D eigenvalue weighted by molar-refractivity contribution is 7.98. The van der Waals surface area contributed by atoms with Gasteiger partial charge < -0.3 is 14.5 Å². The number of thiazole rings is 1. The Bertz CT molecular complexity index is 1250. The first-order chi connectivity index (χ1) is 16.0. The number of nitrogens with zero attached hydrogens (tertiary/aromatic N) is 3. The number of anilines is 1. The van der Waals surface area contributed by atoms with Crippen LogP contribution >= 0.6 is 23.1 Å². The summed E-state index contributed by atoms with van der Waals surface area (Å²) in [6.45, 7) is 6.20. The molecule has 1 amide bonds. The molecule has 0 saturated heterocycles. The number of aromatic nitrogens is 3. The molecule has 7 nitrogen and oxygen atoms in total. The number of carbonyl (C=O) groups excluding carboxylic acids is 1. The summed E-state index contributed by atoms with van der Waals surface area (Å²) in [7, 11) is 0. The van der Waals surface area contributed by atoms with Crippen LogP contribution in [0.5, 0.6) is 5.75 Å². The average Bonchev–Trinajstić information content (AvgIpc) is 3.44. The zero-order valence-electron chi connectivity index (χ0n) is 18.6. The highest BCUT2D eigenvalue weighted by Crippen LogP contribution is 2.24. The molecule has 33 heavy (non-hydrogen) atoms. The van der Waals surface area contributed by atoms with Gasteiger partial charge in [-0.2, -0.15) is 0 Å². The highest BCUT2D eigenvalue weighted by Gasteiger charge is 2.12. The van der Waals surface area contributed by atoms with Crippen LogP contribution in [0.4, 0.5) is 5.69 Å². The summed E-state index contributed by atoms with van der Waals surface area (Å²) in [4.78, 5) is 16.9. The van der Waals surface area contributed by atoms with Gasteiger partial charge in [0.25, 0.3) is 11.1 Å². The minimum Gasteiger partial charge on any atom is -0.484 e. The second-order valence-electron chi connectivity index (χ2n) is 7.58. The van der Waals surface area contributed by atoms with E-state index in [4.69, 9.17) is 9.15 Å². The van der Waals surface area contributed by atoms with Crippen LogP contribution in [0.3, 0.4) is 0 Å². The van der Waals surface area contributed by atoms with Crippen molar-refractivity contribution < 1.29 is 13.9 Å². The molecule has 0 saturated carbocycles. The van der Waals surface area contributed by atoms with Crippen molar-refractivity contribution in [3.05, 3.63) is 81.1 Å². The molecular formula is C24H24N4O3S2. The predicted octanol–water partition coefficient (Wildman–Crippen LogP) is 5.50. The first-order valence-electron chi connectivity index (χ1n) is 10.4. The van der Waals surface area contributed by atoms with Gasteiger partial charge in [-0.15, -0.1) is 21.5 Å². The maximum absolute atomic E-state index is 12.3. The van der Waals surface area contributed by atoms with E-state index in [1.165, 1.54) is 23.1 Å². The van der Waals surface area contributed by atoms with Crippen LogP contribution in [0.25, 0.3) is 0 Å². The molecule has 2 heterocycles. The maximum atomic E-state index is 12.3.